The highest BCUT2D eigenvalue weighted by Crippen LogP contribution is 2.35. The van der Waals surface area contributed by atoms with Gasteiger partial charge >= 0.3 is 5.97 Å². The molecule has 1 N–H and O–H groups in total. The fourth-order valence-corrected chi connectivity index (χ4v) is 3.20. The second-order valence-corrected chi connectivity index (χ2v) is 6.54. The molecule has 4 heteroatoms. The van der Waals surface area contributed by atoms with Gasteiger partial charge in [-0.1, -0.05) is 12.1 Å². The Balaban J connectivity index is 1.67. The van der Waals surface area contributed by atoms with Gasteiger partial charge in [-0.25, -0.2) is 0 Å². The largest absolute Gasteiger partial charge is 0.487 e. The third kappa shape index (κ3) is 2.66. The number of rotatable bonds is 3. The van der Waals surface area contributed by atoms with Gasteiger partial charge in [0.05, 0.1) is 5.92 Å². The lowest BCUT2D eigenvalue weighted by molar-refractivity contribution is -0.141. The molecule has 0 spiro atoms. The number of carboxylic acids is 1. The zero-order valence-electron chi connectivity index (χ0n) is 12.1. The molecule has 4 nitrogen and oxygen atoms in total. The Morgan fingerprint density at radius 2 is 2.30 bits per heavy atom. The molecule has 0 saturated carbocycles. The van der Waals surface area contributed by atoms with Crippen LogP contribution < -0.4 is 4.74 Å². The van der Waals surface area contributed by atoms with E-state index in [1.807, 2.05) is 6.07 Å². The van der Waals surface area contributed by atoms with Crippen molar-refractivity contribution >= 4 is 5.97 Å². The van der Waals surface area contributed by atoms with Crippen LogP contribution in [0, 0.1) is 5.92 Å². The first-order chi connectivity index (χ1) is 9.43. The smallest absolute Gasteiger partial charge is 0.307 e. The molecule has 108 valence electrons. The molecule has 0 bridgehead atoms. The minimum absolute atomic E-state index is 0.108. The maximum absolute atomic E-state index is 11.0. The van der Waals surface area contributed by atoms with Crippen LogP contribution in [0.2, 0.25) is 0 Å². The summed E-state index contributed by atoms with van der Waals surface area (Å²) in [4.78, 5) is 13.2. The summed E-state index contributed by atoms with van der Waals surface area (Å²) in [6.45, 7) is 6.57. The van der Waals surface area contributed by atoms with Gasteiger partial charge in [0.15, 0.2) is 0 Å². The molecular formula is C16H21NO3. The summed E-state index contributed by atoms with van der Waals surface area (Å²) in [5.41, 5.74) is 2.40. The van der Waals surface area contributed by atoms with Crippen LogP contribution in [0.25, 0.3) is 0 Å². The lowest BCUT2D eigenvalue weighted by Gasteiger charge is -2.16. The SMILES string of the molecule is CC1(C)Cc2cc(CN3CCC(C(=O)O)C3)ccc2O1. The topological polar surface area (TPSA) is 49.8 Å². The highest BCUT2D eigenvalue weighted by Gasteiger charge is 2.31. The Morgan fingerprint density at radius 3 is 3.00 bits per heavy atom. The molecule has 0 aliphatic carbocycles. The molecular weight excluding hydrogens is 254 g/mol. The summed E-state index contributed by atoms with van der Waals surface area (Å²) in [6.07, 6.45) is 1.70. The van der Waals surface area contributed by atoms with Crippen LogP contribution in [-0.2, 0) is 17.8 Å². The van der Waals surface area contributed by atoms with Gasteiger partial charge in [0.2, 0.25) is 0 Å². The average Bonchev–Trinajstić information content (AvgIpc) is 2.91. The van der Waals surface area contributed by atoms with Gasteiger partial charge in [-0.3, -0.25) is 9.69 Å². The number of nitrogens with zero attached hydrogens (tertiary/aromatic N) is 1. The van der Waals surface area contributed by atoms with Crippen molar-refractivity contribution in [2.24, 2.45) is 5.92 Å². The Labute approximate surface area is 119 Å². The first-order valence-electron chi connectivity index (χ1n) is 7.19. The fraction of sp³-hybridized carbons (Fsp3) is 0.562. The van der Waals surface area contributed by atoms with E-state index >= 15 is 0 Å². The van der Waals surface area contributed by atoms with E-state index in [2.05, 4.69) is 30.9 Å². The van der Waals surface area contributed by atoms with E-state index in [1.54, 1.807) is 0 Å². The van der Waals surface area contributed by atoms with Gasteiger partial charge in [0.1, 0.15) is 11.4 Å². The fourth-order valence-electron chi connectivity index (χ4n) is 3.20. The first-order valence-corrected chi connectivity index (χ1v) is 7.19. The summed E-state index contributed by atoms with van der Waals surface area (Å²) in [5, 5.41) is 9.04. The highest BCUT2D eigenvalue weighted by atomic mass is 16.5. The van der Waals surface area contributed by atoms with Crippen LogP contribution in [-0.4, -0.2) is 34.7 Å². The van der Waals surface area contributed by atoms with Gasteiger partial charge in [-0.05, 0) is 44.0 Å². The Morgan fingerprint density at radius 1 is 1.50 bits per heavy atom. The van der Waals surface area contributed by atoms with E-state index in [0.717, 1.165) is 31.7 Å². The molecule has 2 heterocycles. The number of carboxylic acid groups (broad SMARTS) is 1. The quantitative estimate of drug-likeness (QED) is 0.919. The van der Waals surface area contributed by atoms with Gasteiger partial charge in [-0.2, -0.15) is 0 Å². The summed E-state index contributed by atoms with van der Waals surface area (Å²) < 4.78 is 5.88. The van der Waals surface area contributed by atoms with Crippen LogP contribution >= 0.6 is 0 Å². The zero-order valence-corrected chi connectivity index (χ0v) is 12.1. The van der Waals surface area contributed by atoms with E-state index < -0.39 is 5.97 Å². The van der Waals surface area contributed by atoms with Crippen LogP contribution in [0.3, 0.4) is 0 Å². The summed E-state index contributed by atoms with van der Waals surface area (Å²) in [6, 6.07) is 6.34. The molecule has 3 rings (SSSR count). The molecule has 0 radical (unpaired) electrons. The number of benzene rings is 1. The van der Waals surface area contributed by atoms with Crippen molar-refractivity contribution in [2.75, 3.05) is 13.1 Å². The summed E-state index contributed by atoms with van der Waals surface area (Å²) >= 11 is 0. The predicted octanol–water partition coefficient (Wildman–Crippen LogP) is 2.31. The molecule has 1 fully saturated rings. The minimum atomic E-state index is -0.670. The molecule has 0 aromatic heterocycles. The van der Waals surface area contributed by atoms with E-state index in [1.165, 1.54) is 11.1 Å². The second-order valence-electron chi connectivity index (χ2n) is 6.54. The number of hydrogen-bond donors (Lipinski definition) is 1. The molecule has 1 unspecified atom stereocenters. The third-order valence-electron chi connectivity index (χ3n) is 4.16. The normalized spacial score (nSPS) is 24.4. The Hall–Kier alpha value is -1.55. The van der Waals surface area contributed by atoms with Crippen molar-refractivity contribution in [3.05, 3.63) is 29.3 Å². The lowest BCUT2D eigenvalue weighted by Crippen LogP contribution is -2.24. The van der Waals surface area contributed by atoms with Crippen molar-refractivity contribution in [1.29, 1.82) is 0 Å². The molecule has 1 atom stereocenters. The maximum atomic E-state index is 11.0. The van der Waals surface area contributed by atoms with Crippen LogP contribution in [0.4, 0.5) is 0 Å². The van der Waals surface area contributed by atoms with Crippen LogP contribution in [0.5, 0.6) is 5.75 Å². The maximum Gasteiger partial charge on any atom is 0.307 e. The summed E-state index contributed by atoms with van der Waals surface area (Å²) in [7, 11) is 0. The third-order valence-corrected chi connectivity index (χ3v) is 4.16. The van der Waals surface area contributed by atoms with E-state index in [-0.39, 0.29) is 11.5 Å². The molecule has 2 aliphatic rings. The minimum Gasteiger partial charge on any atom is -0.487 e. The van der Waals surface area contributed by atoms with Crippen molar-refractivity contribution in [3.8, 4) is 5.75 Å². The Bertz CT molecular complexity index is 539. The summed E-state index contributed by atoms with van der Waals surface area (Å²) in [5.74, 6) is 0.117. The van der Waals surface area contributed by atoms with Gasteiger partial charge in [-0.15, -0.1) is 0 Å². The van der Waals surface area contributed by atoms with Gasteiger partial charge in [0.25, 0.3) is 0 Å². The number of likely N-dealkylation sites (tertiary alicyclic amines) is 1. The van der Waals surface area contributed by atoms with E-state index in [0.29, 0.717) is 6.54 Å². The zero-order chi connectivity index (χ0) is 14.3. The number of fused-ring (bicyclic) bond motifs is 1. The van der Waals surface area contributed by atoms with Gasteiger partial charge in [0, 0.05) is 19.5 Å². The number of carbonyl (C=O) groups is 1. The molecule has 0 amide bonds. The molecule has 1 aromatic carbocycles. The molecule has 1 aromatic rings. The van der Waals surface area contributed by atoms with Crippen molar-refractivity contribution in [2.45, 2.75) is 38.8 Å². The van der Waals surface area contributed by atoms with Crippen LogP contribution in [0.15, 0.2) is 18.2 Å². The monoisotopic (exact) mass is 275 g/mol. The number of aliphatic carboxylic acids is 1. The van der Waals surface area contributed by atoms with Crippen molar-refractivity contribution < 1.29 is 14.6 Å². The predicted molar refractivity (Wildman–Crippen MR) is 75.9 cm³/mol. The van der Waals surface area contributed by atoms with Gasteiger partial charge < -0.3 is 9.84 Å². The van der Waals surface area contributed by atoms with E-state index in [9.17, 15) is 4.79 Å². The van der Waals surface area contributed by atoms with E-state index in [4.69, 9.17) is 9.84 Å². The number of ether oxygens (including phenoxy) is 1. The molecule has 20 heavy (non-hydrogen) atoms. The van der Waals surface area contributed by atoms with Crippen LogP contribution in [0.1, 0.15) is 31.4 Å². The van der Waals surface area contributed by atoms with Crippen molar-refractivity contribution in [3.63, 3.8) is 0 Å². The molecule has 2 aliphatic heterocycles. The lowest BCUT2D eigenvalue weighted by atomic mass is 10.00. The standard InChI is InChI=1S/C16H21NO3/c1-16(2)8-13-7-11(3-4-14(13)20-16)9-17-6-5-12(10-17)15(18)19/h3-4,7,12H,5-6,8-10H2,1-2H3,(H,18,19). The Kier molecular flexibility index (Phi) is 3.21. The van der Waals surface area contributed by atoms with Crippen molar-refractivity contribution in [1.82, 2.24) is 4.90 Å². The average molecular weight is 275 g/mol. The highest BCUT2D eigenvalue weighted by molar-refractivity contribution is 5.70. The second kappa shape index (κ2) is 4.77. The molecule has 1 saturated heterocycles. The number of hydrogen-bond acceptors (Lipinski definition) is 3. The first kappa shape index (κ1) is 13.4.